The second-order valence-corrected chi connectivity index (χ2v) is 3.68. The second kappa shape index (κ2) is 3.55. The van der Waals surface area contributed by atoms with Gasteiger partial charge in [-0.05, 0) is 38.6 Å². The number of hydrogen-bond acceptors (Lipinski definition) is 2. The van der Waals surface area contributed by atoms with Crippen LogP contribution in [0.15, 0.2) is 0 Å². The van der Waals surface area contributed by atoms with Gasteiger partial charge in [-0.3, -0.25) is 0 Å². The third kappa shape index (κ3) is 1.94. The predicted molar refractivity (Wildman–Crippen MR) is 44.6 cm³/mol. The molecule has 0 amide bonds. The van der Waals surface area contributed by atoms with Crippen molar-refractivity contribution in [1.82, 2.24) is 5.32 Å². The van der Waals surface area contributed by atoms with Gasteiger partial charge in [0.2, 0.25) is 0 Å². The van der Waals surface area contributed by atoms with Gasteiger partial charge in [0.25, 0.3) is 0 Å². The summed E-state index contributed by atoms with van der Waals surface area (Å²) in [6, 6.07) is 0.663. The van der Waals surface area contributed by atoms with Gasteiger partial charge in [0, 0.05) is 6.04 Å². The van der Waals surface area contributed by atoms with Crippen molar-refractivity contribution in [3.8, 4) is 0 Å². The molecule has 0 spiro atoms. The Labute approximate surface area is 68.3 Å². The maximum atomic E-state index is 5.70. The van der Waals surface area contributed by atoms with E-state index in [1.54, 1.807) is 0 Å². The van der Waals surface area contributed by atoms with E-state index in [9.17, 15) is 0 Å². The third-order valence-electron chi connectivity index (χ3n) is 2.75. The number of ether oxygens (including phenoxy) is 1. The summed E-state index contributed by atoms with van der Waals surface area (Å²) in [5, 5.41) is 3.44. The van der Waals surface area contributed by atoms with Gasteiger partial charge in [-0.25, -0.2) is 0 Å². The summed E-state index contributed by atoms with van der Waals surface area (Å²) in [5.74, 6) is 0. The molecule has 2 fully saturated rings. The van der Waals surface area contributed by atoms with Crippen LogP contribution in [0.1, 0.15) is 32.1 Å². The first-order valence-corrected chi connectivity index (χ1v) is 4.80. The summed E-state index contributed by atoms with van der Waals surface area (Å²) < 4.78 is 5.70. The summed E-state index contributed by atoms with van der Waals surface area (Å²) in [6.45, 7) is 2.14. The van der Waals surface area contributed by atoms with Crippen LogP contribution in [0.3, 0.4) is 0 Å². The minimum Gasteiger partial charge on any atom is -0.377 e. The molecule has 1 saturated heterocycles. The monoisotopic (exact) mass is 155 g/mol. The van der Waals surface area contributed by atoms with E-state index in [0.717, 1.165) is 6.61 Å². The molecule has 0 bridgehead atoms. The molecule has 0 aromatic carbocycles. The molecule has 2 aliphatic rings. The lowest BCUT2D eigenvalue weighted by molar-refractivity contribution is -0.00628. The van der Waals surface area contributed by atoms with E-state index in [2.05, 4.69) is 5.32 Å². The van der Waals surface area contributed by atoms with Gasteiger partial charge < -0.3 is 10.1 Å². The normalized spacial score (nSPS) is 32.2. The van der Waals surface area contributed by atoms with Gasteiger partial charge in [0.15, 0.2) is 0 Å². The molecule has 1 saturated carbocycles. The van der Waals surface area contributed by atoms with Gasteiger partial charge in [0.05, 0.1) is 12.7 Å². The van der Waals surface area contributed by atoms with Crippen molar-refractivity contribution in [2.75, 3.05) is 13.2 Å². The molecule has 2 heteroatoms. The van der Waals surface area contributed by atoms with Crippen molar-refractivity contribution in [3.05, 3.63) is 0 Å². The standard InChI is InChI=1S/C9H17NO/c1-4-9(5-1)11-7-8-3-2-6-10-8/h8-10H,1-7H2/t8-/m1/s1. The van der Waals surface area contributed by atoms with Crippen LogP contribution in [0.5, 0.6) is 0 Å². The Morgan fingerprint density at radius 2 is 2.09 bits per heavy atom. The van der Waals surface area contributed by atoms with E-state index in [1.165, 1.54) is 38.6 Å². The number of hydrogen-bond donors (Lipinski definition) is 1. The smallest absolute Gasteiger partial charge is 0.0623 e. The Bertz CT molecular complexity index is 117. The first-order chi connectivity index (χ1) is 5.45. The van der Waals surface area contributed by atoms with Crippen LogP contribution in [-0.4, -0.2) is 25.3 Å². The van der Waals surface area contributed by atoms with Crippen LogP contribution < -0.4 is 5.32 Å². The molecular formula is C9H17NO. The van der Waals surface area contributed by atoms with Crippen molar-refractivity contribution in [3.63, 3.8) is 0 Å². The molecule has 11 heavy (non-hydrogen) atoms. The molecule has 0 aromatic rings. The van der Waals surface area contributed by atoms with Crippen LogP contribution in [0.4, 0.5) is 0 Å². The minimum absolute atomic E-state index is 0.609. The predicted octanol–water partition coefficient (Wildman–Crippen LogP) is 1.31. The molecule has 0 unspecified atom stereocenters. The molecule has 1 atom stereocenters. The summed E-state index contributed by atoms with van der Waals surface area (Å²) >= 11 is 0. The topological polar surface area (TPSA) is 21.3 Å². The van der Waals surface area contributed by atoms with E-state index < -0.39 is 0 Å². The zero-order chi connectivity index (χ0) is 7.52. The average Bonchev–Trinajstić information content (AvgIpc) is 2.36. The SMILES string of the molecule is C1CC(OC[C@H]2CCCN2)C1. The molecule has 1 aliphatic heterocycles. The van der Waals surface area contributed by atoms with Gasteiger partial charge in [-0.1, -0.05) is 0 Å². The maximum Gasteiger partial charge on any atom is 0.0623 e. The van der Waals surface area contributed by atoms with Crippen LogP contribution in [-0.2, 0) is 4.74 Å². The van der Waals surface area contributed by atoms with E-state index >= 15 is 0 Å². The molecular weight excluding hydrogens is 138 g/mol. The molecule has 1 N–H and O–H groups in total. The average molecular weight is 155 g/mol. The first-order valence-electron chi connectivity index (χ1n) is 4.80. The Kier molecular flexibility index (Phi) is 2.44. The van der Waals surface area contributed by atoms with Crippen molar-refractivity contribution < 1.29 is 4.74 Å². The zero-order valence-corrected chi connectivity index (χ0v) is 7.01. The molecule has 64 valence electrons. The van der Waals surface area contributed by atoms with Crippen LogP contribution in [0.2, 0.25) is 0 Å². The highest BCUT2D eigenvalue weighted by Crippen LogP contribution is 2.22. The Hall–Kier alpha value is -0.0800. The van der Waals surface area contributed by atoms with E-state index in [1.807, 2.05) is 0 Å². The van der Waals surface area contributed by atoms with E-state index in [-0.39, 0.29) is 0 Å². The third-order valence-corrected chi connectivity index (χ3v) is 2.75. The lowest BCUT2D eigenvalue weighted by Crippen LogP contribution is -2.31. The highest BCUT2D eigenvalue weighted by Gasteiger charge is 2.20. The highest BCUT2D eigenvalue weighted by atomic mass is 16.5. The quantitative estimate of drug-likeness (QED) is 0.663. The summed E-state index contributed by atoms with van der Waals surface area (Å²) in [4.78, 5) is 0. The van der Waals surface area contributed by atoms with Crippen molar-refractivity contribution in [2.45, 2.75) is 44.2 Å². The van der Waals surface area contributed by atoms with Crippen molar-refractivity contribution >= 4 is 0 Å². The van der Waals surface area contributed by atoms with Crippen LogP contribution in [0.25, 0.3) is 0 Å². The largest absolute Gasteiger partial charge is 0.377 e. The lowest BCUT2D eigenvalue weighted by Gasteiger charge is -2.26. The van der Waals surface area contributed by atoms with Gasteiger partial charge in [-0.15, -0.1) is 0 Å². The van der Waals surface area contributed by atoms with Gasteiger partial charge in [-0.2, -0.15) is 0 Å². The number of nitrogens with one attached hydrogen (secondary N) is 1. The summed E-state index contributed by atoms with van der Waals surface area (Å²) in [7, 11) is 0. The van der Waals surface area contributed by atoms with E-state index in [0.29, 0.717) is 12.1 Å². The highest BCUT2D eigenvalue weighted by molar-refractivity contribution is 4.76. The second-order valence-electron chi connectivity index (χ2n) is 3.68. The Morgan fingerprint density at radius 3 is 2.64 bits per heavy atom. The molecule has 1 heterocycles. The van der Waals surface area contributed by atoms with Crippen LogP contribution in [0, 0.1) is 0 Å². The van der Waals surface area contributed by atoms with Crippen LogP contribution >= 0.6 is 0 Å². The number of rotatable bonds is 3. The Morgan fingerprint density at radius 1 is 1.18 bits per heavy atom. The molecule has 1 aliphatic carbocycles. The fourth-order valence-electron chi connectivity index (χ4n) is 1.69. The summed E-state index contributed by atoms with van der Waals surface area (Å²) in [6.07, 6.45) is 7.23. The first kappa shape index (κ1) is 7.56. The van der Waals surface area contributed by atoms with E-state index in [4.69, 9.17) is 4.74 Å². The fourth-order valence-corrected chi connectivity index (χ4v) is 1.69. The molecule has 0 aromatic heterocycles. The van der Waals surface area contributed by atoms with Crippen molar-refractivity contribution in [1.29, 1.82) is 0 Å². The fraction of sp³-hybridized carbons (Fsp3) is 1.00. The van der Waals surface area contributed by atoms with Gasteiger partial charge >= 0.3 is 0 Å². The van der Waals surface area contributed by atoms with Crippen molar-refractivity contribution in [2.24, 2.45) is 0 Å². The summed E-state index contributed by atoms with van der Waals surface area (Å²) in [5.41, 5.74) is 0. The van der Waals surface area contributed by atoms with Gasteiger partial charge in [0.1, 0.15) is 0 Å². The maximum absolute atomic E-state index is 5.70. The Balaban J connectivity index is 1.57. The molecule has 2 rings (SSSR count). The molecule has 2 nitrogen and oxygen atoms in total. The molecule has 0 radical (unpaired) electrons. The minimum atomic E-state index is 0.609. The zero-order valence-electron chi connectivity index (χ0n) is 7.01. The lowest BCUT2D eigenvalue weighted by atomic mass is 9.96.